The molecule has 0 aromatic heterocycles. The Morgan fingerprint density at radius 3 is 1.59 bits per heavy atom. The van der Waals surface area contributed by atoms with E-state index in [1.165, 1.54) is 14.2 Å². The molecule has 0 aliphatic rings. The number of carbonyl (C=O) groups excluding carboxylic acids is 5. The van der Waals surface area contributed by atoms with E-state index in [1.54, 1.807) is 0 Å². The van der Waals surface area contributed by atoms with Gasteiger partial charge in [0.1, 0.15) is 25.4 Å². The molecule has 1 N–H and O–H groups in total. The van der Waals surface area contributed by atoms with Gasteiger partial charge in [0.05, 0.1) is 32.8 Å². The van der Waals surface area contributed by atoms with Crippen LogP contribution in [0.25, 0.3) is 0 Å². The molecule has 0 radical (unpaired) electrons. The van der Waals surface area contributed by atoms with Gasteiger partial charge in [-0.2, -0.15) is 0 Å². The van der Waals surface area contributed by atoms with Crippen molar-refractivity contribution in [2.75, 3.05) is 71.5 Å². The summed E-state index contributed by atoms with van der Waals surface area (Å²) in [5.74, 6) is -1.74. The van der Waals surface area contributed by atoms with Crippen LogP contribution < -0.4 is 5.32 Å². The van der Waals surface area contributed by atoms with E-state index >= 15 is 0 Å². The van der Waals surface area contributed by atoms with Gasteiger partial charge in [-0.05, 0) is 12.8 Å². The number of rotatable bonds is 22. The van der Waals surface area contributed by atoms with Crippen molar-refractivity contribution in [3.63, 3.8) is 0 Å². The lowest BCUT2D eigenvalue weighted by molar-refractivity contribution is -0.154. The van der Waals surface area contributed by atoms with Crippen LogP contribution in [-0.4, -0.2) is 106 Å². The van der Waals surface area contributed by atoms with E-state index in [1.807, 2.05) is 41.5 Å². The molecule has 0 unspecified atom stereocenters. The average molecular weight is 688 g/mol. The van der Waals surface area contributed by atoms with Crippen molar-refractivity contribution in [3.8, 4) is 0 Å². The van der Waals surface area contributed by atoms with Gasteiger partial charge in [-0.15, -0.1) is 0 Å². The van der Waals surface area contributed by atoms with Crippen LogP contribution in [0.3, 0.4) is 0 Å². The van der Waals surface area contributed by atoms with Gasteiger partial charge in [-0.25, -0.2) is 4.79 Å². The Kier molecular flexibility index (Phi) is 21.4. The molecule has 0 rings (SSSR count). The molecule has 1 amide bonds. The number of amides is 1. The molecule has 0 heterocycles. The van der Waals surface area contributed by atoms with Crippen molar-refractivity contribution in [1.82, 2.24) is 5.32 Å². The summed E-state index contributed by atoms with van der Waals surface area (Å²) < 4.78 is 44.5. The molecule has 0 aliphatic carbocycles. The molecule has 13 nitrogen and oxygen atoms in total. The predicted molar refractivity (Wildman–Crippen MR) is 170 cm³/mol. The maximum absolute atomic E-state index is 13.6. The number of esters is 2. The van der Waals surface area contributed by atoms with E-state index in [4.69, 9.17) is 28.0 Å². The lowest BCUT2D eigenvalue weighted by atomic mass is 9.99. The molecular weight excluding hydrogens is 637 g/mol. The van der Waals surface area contributed by atoms with Crippen LogP contribution in [0, 0.1) is 10.8 Å². The molecule has 16 heteroatoms. The quantitative estimate of drug-likeness (QED) is 0.0989. The number of thioether (sulfide) groups is 2. The summed E-state index contributed by atoms with van der Waals surface area (Å²) in [5, 5.41) is 2.38. The molecule has 0 aromatic rings. The fraction of sp³-hybridized carbons (Fsp3) is 0.821. The zero-order valence-corrected chi connectivity index (χ0v) is 29.8. The molecule has 0 aromatic carbocycles. The standard InChI is InChI=1S/C28H50NO12PS2/c1-27(2,3)25(33)43-17-9-11-40-42(35,41-12-10-18-44-26(34)28(4,5)6)20-22(30)29-21(24(32)39-16-14-37-8)19-23(31)38-15-13-36-7/h21H,9-20H2,1-8H3,(H,29,30)/t21-/m0/s1. The lowest BCUT2D eigenvalue weighted by Gasteiger charge is -2.21. The van der Waals surface area contributed by atoms with Crippen LogP contribution in [0.2, 0.25) is 0 Å². The Labute approximate surface area is 269 Å². The minimum Gasteiger partial charge on any atom is -0.463 e. The van der Waals surface area contributed by atoms with Crippen molar-refractivity contribution in [1.29, 1.82) is 0 Å². The Hall–Kier alpha value is -1.48. The summed E-state index contributed by atoms with van der Waals surface area (Å²) in [6.45, 7) is 10.8. The maximum atomic E-state index is 13.6. The zero-order chi connectivity index (χ0) is 33.8. The summed E-state index contributed by atoms with van der Waals surface area (Å²) in [5.41, 5.74) is -1.02. The molecule has 0 aliphatic heterocycles. The van der Waals surface area contributed by atoms with Crippen molar-refractivity contribution < 1.29 is 56.5 Å². The Morgan fingerprint density at radius 1 is 0.705 bits per heavy atom. The smallest absolute Gasteiger partial charge is 0.340 e. The van der Waals surface area contributed by atoms with Crippen LogP contribution in [0.4, 0.5) is 0 Å². The largest absolute Gasteiger partial charge is 0.463 e. The van der Waals surface area contributed by atoms with Gasteiger partial charge in [-0.3, -0.25) is 23.7 Å². The first kappa shape index (κ1) is 42.5. The van der Waals surface area contributed by atoms with Gasteiger partial charge >= 0.3 is 19.5 Å². The Bertz CT molecular complexity index is 925. The fourth-order valence-corrected chi connectivity index (χ4v) is 6.09. The molecule has 44 heavy (non-hydrogen) atoms. The van der Waals surface area contributed by atoms with Crippen LogP contribution in [0.1, 0.15) is 60.8 Å². The monoisotopic (exact) mass is 687 g/mol. The van der Waals surface area contributed by atoms with E-state index in [0.29, 0.717) is 24.3 Å². The minimum absolute atomic E-state index is 0.00258. The van der Waals surface area contributed by atoms with Crippen molar-refractivity contribution in [2.24, 2.45) is 10.8 Å². The molecular formula is C28H50NO12PS2. The molecule has 1 atom stereocenters. The highest BCUT2D eigenvalue weighted by atomic mass is 32.2. The first-order valence-electron chi connectivity index (χ1n) is 14.3. The second-order valence-corrected chi connectivity index (χ2v) is 15.8. The summed E-state index contributed by atoms with van der Waals surface area (Å²) in [4.78, 5) is 62.1. The number of hydrogen-bond donors (Lipinski definition) is 1. The highest BCUT2D eigenvalue weighted by molar-refractivity contribution is 8.14. The highest BCUT2D eigenvalue weighted by Gasteiger charge is 2.33. The molecule has 256 valence electrons. The second-order valence-electron chi connectivity index (χ2n) is 11.6. The van der Waals surface area contributed by atoms with Crippen molar-refractivity contribution in [2.45, 2.75) is 66.8 Å². The molecule has 0 saturated carbocycles. The van der Waals surface area contributed by atoms with E-state index in [0.717, 1.165) is 23.5 Å². The summed E-state index contributed by atoms with van der Waals surface area (Å²) in [6.07, 6.45) is -0.556. The third kappa shape index (κ3) is 20.5. The first-order chi connectivity index (χ1) is 20.4. The second kappa shape index (κ2) is 22.1. The predicted octanol–water partition coefficient (Wildman–Crippen LogP) is 3.86. The minimum atomic E-state index is -4.04. The average Bonchev–Trinajstić information content (AvgIpc) is 2.91. The maximum Gasteiger partial charge on any atom is 0.340 e. The fourth-order valence-electron chi connectivity index (χ4n) is 2.82. The van der Waals surface area contributed by atoms with Gasteiger partial charge < -0.3 is 33.3 Å². The van der Waals surface area contributed by atoms with E-state index < -0.39 is 54.9 Å². The summed E-state index contributed by atoms with van der Waals surface area (Å²) in [7, 11) is -1.19. The summed E-state index contributed by atoms with van der Waals surface area (Å²) >= 11 is 2.27. The van der Waals surface area contributed by atoms with Gasteiger partial charge in [0, 0.05) is 36.6 Å². The Balaban J connectivity index is 5.40. The van der Waals surface area contributed by atoms with Crippen LogP contribution >= 0.6 is 31.1 Å². The molecule has 0 bridgehead atoms. The number of ether oxygens (including phenoxy) is 4. The number of nitrogens with one attached hydrogen (secondary N) is 1. The van der Waals surface area contributed by atoms with Gasteiger partial charge in [-0.1, -0.05) is 65.1 Å². The van der Waals surface area contributed by atoms with Gasteiger partial charge in [0.25, 0.3) is 0 Å². The van der Waals surface area contributed by atoms with Gasteiger partial charge in [0.15, 0.2) is 10.2 Å². The van der Waals surface area contributed by atoms with E-state index in [2.05, 4.69) is 5.32 Å². The summed E-state index contributed by atoms with van der Waals surface area (Å²) in [6, 6.07) is -1.43. The van der Waals surface area contributed by atoms with Gasteiger partial charge in [0.2, 0.25) is 5.91 Å². The van der Waals surface area contributed by atoms with E-state index in [-0.39, 0.29) is 49.9 Å². The van der Waals surface area contributed by atoms with Crippen molar-refractivity contribution in [3.05, 3.63) is 0 Å². The van der Waals surface area contributed by atoms with Crippen LogP contribution in [-0.2, 0) is 56.5 Å². The number of methoxy groups -OCH3 is 2. The first-order valence-corrected chi connectivity index (χ1v) is 18.0. The Morgan fingerprint density at radius 2 is 1.16 bits per heavy atom. The molecule has 0 spiro atoms. The normalized spacial score (nSPS) is 12.8. The SMILES string of the molecule is COCCOC(=O)C[C@H](NC(=O)CP(=O)(OCCCSC(=O)C(C)(C)C)OCCCSC(=O)C(C)(C)C)C(=O)OCCOC. The van der Waals surface area contributed by atoms with Crippen molar-refractivity contribution >= 4 is 59.2 Å². The third-order valence-electron chi connectivity index (χ3n) is 5.25. The third-order valence-corrected chi connectivity index (χ3v) is 9.82. The van der Waals surface area contributed by atoms with E-state index in [9.17, 15) is 28.5 Å². The van der Waals surface area contributed by atoms with Crippen LogP contribution in [0.5, 0.6) is 0 Å². The molecule has 0 saturated heterocycles. The van der Waals surface area contributed by atoms with Crippen LogP contribution in [0.15, 0.2) is 0 Å². The molecule has 0 fully saturated rings. The topological polar surface area (TPSA) is 170 Å². The number of hydrogen-bond acceptors (Lipinski definition) is 14. The zero-order valence-electron chi connectivity index (χ0n) is 27.2. The lowest BCUT2D eigenvalue weighted by Crippen LogP contribution is -2.45. The number of carbonyl (C=O) groups is 5. The highest BCUT2D eigenvalue weighted by Crippen LogP contribution is 2.48.